The van der Waals surface area contributed by atoms with E-state index in [1.54, 1.807) is 17.1 Å². The van der Waals surface area contributed by atoms with Crippen LogP contribution in [0.4, 0.5) is 14.5 Å². The molecule has 8 aliphatic rings. The maximum atomic E-state index is 13.3. The number of H-pyrrole nitrogens is 1. The zero-order valence-corrected chi connectivity index (χ0v) is 39.1. The Kier molecular flexibility index (Phi) is 13.6. The second-order valence-corrected chi connectivity index (χ2v) is 22.8. The summed E-state index contributed by atoms with van der Waals surface area (Å²) in [6.45, 7) is 13.5. The summed E-state index contributed by atoms with van der Waals surface area (Å²) in [7, 11) is 0. The molecular formula is C50H69BrF2N6O4. The van der Waals surface area contributed by atoms with Gasteiger partial charge in [-0.2, -0.15) is 15.5 Å². The van der Waals surface area contributed by atoms with Gasteiger partial charge in [0.1, 0.15) is 17.5 Å². The second-order valence-electron chi connectivity index (χ2n) is 22.3. The van der Waals surface area contributed by atoms with Gasteiger partial charge in [-0.15, -0.1) is 0 Å². The van der Waals surface area contributed by atoms with Crippen molar-refractivity contribution in [1.29, 1.82) is 5.26 Å². The van der Waals surface area contributed by atoms with Crippen molar-refractivity contribution in [3.05, 3.63) is 41.8 Å². The molecule has 0 saturated heterocycles. The molecule has 0 bridgehead atoms. The van der Waals surface area contributed by atoms with Crippen LogP contribution in [-0.2, 0) is 16.1 Å². The van der Waals surface area contributed by atoms with Crippen molar-refractivity contribution in [3.63, 3.8) is 0 Å². The first-order chi connectivity index (χ1) is 30.0. The van der Waals surface area contributed by atoms with Gasteiger partial charge in [-0.1, -0.05) is 29.8 Å². The fourth-order valence-electron chi connectivity index (χ4n) is 16.4. The Bertz CT molecular complexity index is 2030. The zero-order chi connectivity index (χ0) is 44.9. The molecule has 0 aromatic carbocycles. The summed E-state index contributed by atoms with van der Waals surface area (Å²) in [4.78, 5) is 28.8. The monoisotopic (exact) mass is 934 g/mol. The van der Waals surface area contributed by atoms with Gasteiger partial charge in [0.25, 0.3) is 6.43 Å². The minimum absolute atomic E-state index is 0.121. The van der Waals surface area contributed by atoms with Crippen LogP contribution in [0.15, 0.2) is 24.8 Å². The first-order valence-electron chi connectivity index (χ1n) is 24.2. The van der Waals surface area contributed by atoms with Gasteiger partial charge < -0.3 is 10.2 Å². The van der Waals surface area contributed by atoms with Gasteiger partial charge in [0.05, 0.1) is 42.0 Å². The van der Waals surface area contributed by atoms with E-state index >= 15 is 0 Å². The summed E-state index contributed by atoms with van der Waals surface area (Å²) in [6.07, 6.45) is 21.7. The molecule has 10 nitrogen and oxygen atoms in total. The number of hydrogen-bond acceptors (Lipinski definition) is 7. The van der Waals surface area contributed by atoms with E-state index in [-0.39, 0.29) is 41.4 Å². The number of ketones is 2. The second kappa shape index (κ2) is 18.4. The van der Waals surface area contributed by atoms with Gasteiger partial charge in [-0.3, -0.25) is 19.4 Å². The first-order valence-corrected chi connectivity index (χ1v) is 25.3. The highest BCUT2D eigenvalue weighted by Crippen LogP contribution is 2.66. The molecule has 0 amide bonds. The quantitative estimate of drug-likeness (QED) is 0.193. The number of aliphatic hydroxyl groups is 2. The number of fused-ring (bicyclic) bond motifs is 10. The lowest BCUT2D eigenvalue weighted by atomic mass is 9.49. The van der Waals surface area contributed by atoms with Crippen molar-refractivity contribution in [2.24, 2.45) is 81.8 Å². The molecule has 0 radical (unpaired) electrons. The maximum Gasteiger partial charge on any atom is 0.266 e. The number of nitriles is 1. The van der Waals surface area contributed by atoms with E-state index in [1.165, 1.54) is 44.5 Å². The predicted octanol–water partition coefficient (Wildman–Crippen LogP) is 10.5. The van der Waals surface area contributed by atoms with Crippen LogP contribution >= 0.6 is 15.9 Å². The summed E-state index contributed by atoms with van der Waals surface area (Å²) in [5, 5.41) is 40.6. The van der Waals surface area contributed by atoms with Crippen LogP contribution in [0, 0.1) is 99.7 Å². The third-order valence-corrected chi connectivity index (χ3v) is 19.8. The summed E-state index contributed by atoms with van der Waals surface area (Å²) < 4.78 is 28.2. The topological polar surface area (TPSA) is 149 Å². The molecular weight excluding hydrogens is 866 g/mol. The molecule has 2 heterocycles. The summed E-state index contributed by atoms with van der Waals surface area (Å²) in [5.41, 5.74) is -0.881. The van der Waals surface area contributed by atoms with Crippen LogP contribution < -0.4 is 0 Å². The smallest absolute Gasteiger partial charge is 0.266 e. The Hall–Kier alpha value is -3.00. The summed E-state index contributed by atoms with van der Waals surface area (Å²) in [5.74, 6) is 7.36. The van der Waals surface area contributed by atoms with Gasteiger partial charge in [0, 0.05) is 24.2 Å². The van der Waals surface area contributed by atoms with Crippen molar-refractivity contribution in [2.75, 3.05) is 5.33 Å². The Morgan fingerprint density at radius 3 is 1.90 bits per heavy atom. The number of Topliss-reactive ketones (excluding diaryl/α,β-unsaturated/α-hetero) is 2. The number of alkyl halides is 3. The molecule has 0 spiro atoms. The molecule has 0 unspecified atom stereocenters. The van der Waals surface area contributed by atoms with E-state index in [9.17, 15) is 28.6 Å². The number of halogens is 3. The lowest BCUT2D eigenvalue weighted by molar-refractivity contribution is -0.160. The highest BCUT2D eigenvalue weighted by molar-refractivity contribution is 9.09. The molecule has 0 aliphatic heterocycles. The van der Waals surface area contributed by atoms with Crippen LogP contribution in [0.25, 0.3) is 4.85 Å². The molecule has 344 valence electrons. The number of carbonyl (C=O) groups is 2. The molecule has 16 atom stereocenters. The Morgan fingerprint density at radius 1 is 0.825 bits per heavy atom. The number of aromatic amines is 1. The highest BCUT2D eigenvalue weighted by atomic mass is 79.9. The predicted molar refractivity (Wildman–Crippen MR) is 238 cm³/mol. The minimum Gasteiger partial charge on any atom is -0.390 e. The maximum absolute atomic E-state index is 13.3. The van der Waals surface area contributed by atoms with E-state index in [0.29, 0.717) is 70.2 Å². The van der Waals surface area contributed by atoms with E-state index in [4.69, 9.17) is 11.8 Å². The van der Waals surface area contributed by atoms with Crippen molar-refractivity contribution in [3.8, 4) is 6.07 Å². The molecule has 8 saturated carbocycles. The van der Waals surface area contributed by atoms with E-state index in [0.717, 1.165) is 88.4 Å². The number of carbonyl (C=O) groups excluding carboxylic acids is 2. The highest BCUT2D eigenvalue weighted by Gasteiger charge is 2.61. The van der Waals surface area contributed by atoms with Crippen LogP contribution in [0.5, 0.6) is 0 Å². The van der Waals surface area contributed by atoms with Gasteiger partial charge >= 0.3 is 0 Å². The minimum atomic E-state index is -2.62. The van der Waals surface area contributed by atoms with Crippen molar-refractivity contribution >= 4 is 33.2 Å². The fraction of sp³-hybridized carbons (Fsp3) is 0.800. The zero-order valence-electron chi connectivity index (χ0n) is 37.5. The summed E-state index contributed by atoms with van der Waals surface area (Å²) >= 11 is 3.37. The number of rotatable bonds is 6. The molecule has 63 heavy (non-hydrogen) atoms. The standard InChI is InChI=1S/C25H35N3O2.C21H31BrF2O2.C4H3N3/c1-24(30)9-7-18-17(11-24)3-4-20-19(18)8-10-25(2)21(20)5-6-22(25)23(29)15-28-14-16(12-26)13-27-28;1-20-8-6-14-13-7-9-21(26,19(23)24)10-12(13)2-3-15(14)16(20)4-5-17(20)18(25)11-22;1-5-4-2-6-7-3-4/h13-14,17-22,30H,3-11,15H2,1-2H3;12-17,19,26H,2-11H2,1H3;2-3H,(H,6,7)/t17-,18+,19-,20-,21+,22-,24-,25+;12-,13+,14-,15-,16+,17-,20+,21-;/m11./s1. The van der Waals surface area contributed by atoms with Gasteiger partial charge in [-0.25, -0.2) is 13.6 Å². The third kappa shape index (κ3) is 8.87. The Balaban J connectivity index is 0.000000151. The van der Waals surface area contributed by atoms with Crippen molar-refractivity contribution < 1.29 is 28.6 Å². The normalized spacial score (nSPS) is 43.3. The Morgan fingerprint density at radius 2 is 1.40 bits per heavy atom. The fourth-order valence-corrected chi connectivity index (χ4v) is 16.8. The lowest BCUT2D eigenvalue weighted by Crippen LogP contribution is -2.53. The van der Waals surface area contributed by atoms with Crippen LogP contribution in [0.2, 0.25) is 0 Å². The molecule has 3 N–H and O–H groups in total. The number of hydrogen-bond donors (Lipinski definition) is 3. The van der Waals surface area contributed by atoms with Crippen molar-refractivity contribution in [1.82, 2.24) is 20.0 Å². The third-order valence-electron chi connectivity index (χ3n) is 19.3. The first kappa shape index (κ1) is 46.5. The van der Waals surface area contributed by atoms with E-state index in [2.05, 4.69) is 56.0 Å². The average Bonchev–Trinajstić information content (AvgIpc) is 4.09. The van der Waals surface area contributed by atoms with Crippen LogP contribution in [-0.4, -0.2) is 64.7 Å². The number of nitrogens with one attached hydrogen (secondary N) is 1. The van der Waals surface area contributed by atoms with Crippen molar-refractivity contribution in [2.45, 2.75) is 161 Å². The van der Waals surface area contributed by atoms with Gasteiger partial charge in [0.2, 0.25) is 5.69 Å². The molecule has 2 aromatic rings. The molecule has 13 heteroatoms. The van der Waals surface area contributed by atoms with E-state index < -0.39 is 17.6 Å². The molecule has 8 fully saturated rings. The van der Waals surface area contributed by atoms with Crippen LogP contribution in [0.1, 0.15) is 142 Å². The largest absolute Gasteiger partial charge is 0.390 e. The molecule has 2 aromatic heterocycles. The Labute approximate surface area is 381 Å². The number of nitrogens with zero attached hydrogens (tertiary/aromatic N) is 5. The van der Waals surface area contributed by atoms with Crippen LogP contribution in [0.3, 0.4) is 0 Å². The molecule has 10 rings (SSSR count). The number of aromatic nitrogens is 4. The summed E-state index contributed by atoms with van der Waals surface area (Å²) in [6, 6.07) is 2.09. The SMILES string of the molecule is C[C@@]1(O)CC[C@H]2[C@H](CC[C@@H]3[C@@H]2CC[C@]2(C)[C@@H](C(=O)Cn4cc(C#N)cn4)CC[C@@H]32)C1.C[C@]12CC[C@H]3[C@@H](CC[C@@H]4C[C@@](O)(C(F)F)CC[C@@H]43)[C@@H]1CC[C@@H]2C(=O)CBr.[C-]#[N+]c1cn[nH]c1. The van der Waals surface area contributed by atoms with Gasteiger partial charge in [0.15, 0.2) is 5.78 Å². The van der Waals surface area contributed by atoms with E-state index in [1.807, 2.05) is 6.92 Å². The average molecular weight is 936 g/mol. The lowest BCUT2D eigenvalue weighted by Gasteiger charge is -2.57. The molecule has 8 aliphatic carbocycles. The van der Waals surface area contributed by atoms with Gasteiger partial charge in [-0.05, 0) is 193 Å².